The van der Waals surface area contributed by atoms with E-state index in [2.05, 4.69) is 35.1 Å². The lowest BCUT2D eigenvalue weighted by molar-refractivity contribution is 0.0232. The van der Waals surface area contributed by atoms with Crippen LogP contribution in [0.4, 0.5) is 0 Å². The number of ether oxygens (including phenoxy) is 1. The zero-order chi connectivity index (χ0) is 15.9. The van der Waals surface area contributed by atoms with Gasteiger partial charge in [0.2, 0.25) is 0 Å². The van der Waals surface area contributed by atoms with Gasteiger partial charge in [-0.2, -0.15) is 0 Å². The van der Waals surface area contributed by atoms with Crippen molar-refractivity contribution in [3.05, 3.63) is 53.9 Å². The molecule has 0 amide bonds. The van der Waals surface area contributed by atoms with Crippen LogP contribution in [0.15, 0.2) is 42.7 Å². The smallest absolute Gasteiger partial charge is 0.137 e. The van der Waals surface area contributed by atoms with E-state index >= 15 is 0 Å². The molecule has 0 bridgehead atoms. The number of H-pyrrole nitrogens is 1. The Bertz CT molecular complexity index is 847. The molecule has 4 rings (SSSR count). The fourth-order valence-electron chi connectivity index (χ4n) is 3.28. The van der Waals surface area contributed by atoms with E-state index in [1.165, 1.54) is 10.9 Å². The Hall–Kier alpha value is -2.17. The van der Waals surface area contributed by atoms with Crippen molar-refractivity contribution in [3.8, 4) is 11.1 Å². The highest BCUT2D eigenvalue weighted by Gasteiger charge is 2.34. The van der Waals surface area contributed by atoms with Gasteiger partial charge in [0.05, 0.1) is 6.61 Å². The van der Waals surface area contributed by atoms with Crippen LogP contribution < -0.4 is 0 Å². The van der Waals surface area contributed by atoms with Crippen LogP contribution in [0.1, 0.15) is 24.5 Å². The Kier molecular flexibility index (Phi) is 3.43. The van der Waals surface area contributed by atoms with E-state index in [0.717, 1.165) is 28.8 Å². The molecule has 0 spiro atoms. The lowest BCUT2D eigenvalue weighted by atomic mass is 9.90. The van der Waals surface area contributed by atoms with E-state index in [0.29, 0.717) is 19.6 Å². The third-order valence-electron chi connectivity index (χ3n) is 4.73. The Morgan fingerprint density at radius 3 is 3.00 bits per heavy atom. The molecule has 4 nitrogen and oxygen atoms in total. The quantitative estimate of drug-likeness (QED) is 0.779. The van der Waals surface area contributed by atoms with E-state index in [9.17, 15) is 5.11 Å². The van der Waals surface area contributed by atoms with Crippen molar-refractivity contribution >= 4 is 11.0 Å². The Morgan fingerprint density at radius 2 is 2.22 bits per heavy atom. The van der Waals surface area contributed by atoms with Crippen LogP contribution in [0, 0.1) is 0 Å². The topological polar surface area (TPSA) is 58.1 Å². The molecule has 1 fully saturated rings. The predicted molar refractivity (Wildman–Crippen MR) is 90.2 cm³/mol. The average molecular weight is 308 g/mol. The average Bonchev–Trinajstić information content (AvgIpc) is 3.21. The van der Waals surface area contributed by atoms with Crippen LogP contribution in [0.25, 0.3) is 22.2 Å². The number of hydrogen-bond acceptors (Lipinski definition) is 3. The number of fused-ring (bicyclic) bond motifs is 1. The van der Waals surface area contributed by atoms with Crippen molar-refractivity contribution in [2.45, 2.75) is 25.4 Å². The molecule has 0 aliphatic carbocycles. The largest absolute Gasteiger partial charge is 0.383 e. The minimum atomic E-state index is -0.865. The van der Waals surface area contributed by atoms with Gasteiger partial charge in [0, 0.05) is 36.4 Å². The molecule has 2 N–H and O–H groups in total. The first kappa shape index (κ1) is 14.4. The molecule has 2 aromatic heterocycles. The Labute approximate surface area is 135 Å². The van der Waals surface area contributed by atoms with Crippen LogP contribution in [-0.2, 0) is 16.8 Å². The molecular weight excluding hydrogens is 288 g/mol. The number of rotatable bonds is 3. The van der Waals surface area contributed by atoms with Crippen molar-refractivity contribution in [2.24, 2.45) is 0 Å². The van der Waals surface area contributed by atoms with E-state index in [-0.39, 0.29) is 0 Å². The highest BCUT2D eigenvalue weighted by molar-refractivity contribution is 5.84. The normalized spacial score (nSPS) is 21.1. The van der Waals surface area contributed by atoms with Crippen molar-refractivity contribution < 1.29 is 9.84 Å². The van der Waals surface area contributed by atoms with Crippen LogP contribution in [0.5, 0.6) is 0 Å². The molecule has 3 aromatic rings. The van der Waals surface area contributed by atoms with Crippen molar-refractivity contribution in [3.63, 3.8) is 0 Å². The molecule has 1 atom stereocenters. The summed E-state index contributed by atoms with van der Waals surface area (Å²) in [6.45, 7) is 3.12. The summed E-state index contributed by atoms with van der Waals surface area (Å²) in [5.41, 5.74) is 4.38. The number of benzene rings is 1. The molecule has 118 valence electrons. The SMILES string of the molecule is CCc1c[nH]c2ncc(-c3cccc(C4(O)CCOC4)c3)cc12. The van der Waals surface area contributed by atoms with Gasteiger partial charge in [-0.15, -0.1) is 0 Å². The van der Waals surface area contributed by atoms with E-state index in [4.69, 9.17) is 4.74 Å². The second-order valence-corrected chi connectivity index (χ2v) is 6.20. The van der Waals surface area contributed by atoms with Gasteiger partial charge in [-0.25, -0.2) is 4.98 Å². The minimum Gasteiger partial charge on any atom is -0.383 e. The summed E-state index contributed by atoms with van der Waals surface area (Å²) in [6, 6.07) is 10.2. The van der Waals surface area contributed by atoms with Crippen molar-refractivity contribution in [1.29, 1.82) is 0 Å². The number of aryl methyl sites for hydroxylation is 1. The summed E-state index contributed by atoms with van der Waals surface area (Å²) < 4.78 is 5.37. The zero-order valence-corrected chi connectivity index (χ0v) is 13.2. The van der Waals surface area contributed by atoms with E-state index in [1.54, 1.807) is 0 Å². The Balaban J connectivity index is 1.78. The van der Waals surface area contributed by atoms with Crippen LogP contribution >= 0.6 is 0 Å². The highest BCUT2D eigenvalue weighted by Crippen LogP contribution is 2.33. The van der Waals surface area contributed by atoms with Crippen LogP contribution in [-0.4, -0.2) is 28.3 Å². The molecular formula is C19H20N2O2. The predicted octanol–water partition coefficient (Wildman–Crippen LogP) is 3.40. The third kappa shape index (κ3) is 2.44. The lowest BCUT2D eigenvalue weighted by Gasteiger charge is -2.21. The molecule has 1 aliphatic heterocycles. The van der Waals surface area contributed by atoms with Crippen LogP contribution in [0.2, 0.25) is 0 Å². The molecule has 3 heterocycles. The van der Waals surface area contributed by atoms with Gasteiger partial charge in [0.1, 0.15) is 11.2 Å². The fraction of sp³-hybridized carbons (Fsp3) is 0.316. The first-order valence-corrected chi connectivity index (χ1v) is 8.07. The maximum atomic E-state index is 10.7. The van der Waals surface area contributed by atoms with Crippen LogP contribution in [0.3, 0.4) is 0 Å². The third-order valence-corrected chi connectivity index (χ3v) is 4.73. The van der Waals surface area contributed by atoms with Gasteiger partial charge in [0.25, 0.3) is 0 Å². The molecule has 1 aromatic carbocycles. The first-order valence-electron chi connectivity index (χ1n) is 8.07. The number of nitrogens with one attached hydrogen (secondary N) is 1. The fourth-order valence-corrected chi connectivity index (χ4v) is 3.28. The number of aromatic nitrogens is 2. The van der Waals surface area contributed by atoms with Crippen molar-refractivity contribution in [1.82, 2.24) is 9.97 Å². The highest BCUT2D eigenvalue weighted by atomic mass is 16.5. The first-order chi connectivity index (χ1) is 11.2. The Morgan fingerprint density at radius 1 is 1.30 bits per heavy atom. The molecule has 1 saturated heterocycles. The monoisotopic (exact) mass is 308 g/mol. The second-order valence-electron chi connectivity index (χ2n) is 6.20. The number of hydrogen-bond donors (Lipinski definition) is 2. The lowest BCUT2D eigenvalue weighted by Crippen LogP contribution is -2.25. The van der Waals surface area contributed by atoms with E-state index < -0.39 is 5.60 Å². The molecule has 1 aliphatic rings. The maximum Gasteiger partial charge on any atom is 0.137 e. The summed E-state index contributed by atoms with van der Waals surface area (Å²) in [6.07, 6.45) is 5.52. The minimum absolute atomic E-state index is 0.367. The maximum absolute atomic E-state index is 10.7. The number of pyridine rings is 1. The molecule has 0 radical (unpaired) electrons. The molecule has 23 heavy (non-hydrogen) atoms. The van der Waals surface area contributed by atoms with Gasteiger partial charge < -0.3 is 14.8 Å². The van der Waals surface area contributed by atoms with Gasteiger partial charge in [0.15, 0.2) is 0 Å². The zero-order valence-electron chi connectivity index (χ0n) is 13.2. The second kappa shape index (κ2) is 5.48. The number of aliphatic hydroxyl groups is 1. The molecule has 0 saturated carbocycles. The van der Waals surface area contributed by atoms with Gasteiger partial charge in [-0.3, -0.25) is 0 Å². The summed E-state index contributed by atoms with van der Waals surface area (Å²) in [5.74, 6) is 0. The number of nitrogens with zero attached hydrogens (tertiary/aromatic N) is 1. The van der Waals surface area contributed by atoms with E-state index in [1.807, 2.05) is 24.5 Å². The standard InChI is InChI=1S/C19H20N2O2/c1-2-13-10-20-18-17(13)9-15(11-21-18)14-4-3-5-16(8-14)19(22)6-7-23-12-19/h3-5,8-11,22H,2,6-7,12H2,1H3,(H,20,21). The van der Waals surface area contributed by atoms with Gasteiger partial charge >= 0.3 is 0 Å². The molecule has 1 unspecified atom stereocenters. The van der Waals surface area contributed by atoms with Crippen molar-refractivity contribution in [2.75, 3.05) is 13.2 Å². The van der Waals surface area contributed by atoms with Gasteiger partial charge in [-0.1, -0.05) is 25.1 Å². The summed E-state index contributed by atoms with van der Waals surface area (Å²) in [4.78, 5) is 7.74. The van der Waals surface area contributed by atoms with Gasteiger partial charge in [-0.05, 0) is 35.2 Å². The number of aromatic amines is 1. The summed E-state index contributed by atoms with van der Waals surface area (Å²) in [5, 5.41) is 11.9. The summed E-state index contributed by atoms with van der Waals surface area (Å²) in [7, 11) is 0. The summed E-state index contributed by atoms with van der Waals surface area (Å²) >= 11 is 0. The molecule has 4 heteroatoms.